The molecule has 0 radical (unpaired) electrons. The lowest BCUT2D eigenvalue weighted by Gasteiger charge is -2.14. The SMILES string of the molecule is O=C(NNC(=O)c1ccccc1Nc1cccc(C(F)(F)F)c1)C(=O)NC1CC1. The molecule has 0 spiro atoms. The zero-order chi connectivity index (χ0) is 21.0. The van der Waals surface area contributed by atoms with E-state index < -0.39 is 29.5 Å². The van der Waals surface area contributed by atoms with Crippen LogP contribution in [0.4, 0.5) is 24.5 Å². The molecule has 1 aliphatic rings. The number of carbonyl (C=O) groups is 3. The molecule has 7 nitrogen and oxygen atoms in total. The highest BCUT2D eigenvalue weighted by atomic mass is 19.4. The lowest BCUT2D eigenvalue weighted by Crippen LogP contribution is -2.49. The van der Waals surface area contributed by atoms with E-state index in [1.807, 2.05) is 5.43 Å². The van der Waals surface area contributed by atoms with Crippen LogP contribution < -0.4 is 21.5 Å². The average Bonchev–Trinajstić information content (AvgIpc) is 3.49. The molecule has 1 saturated carbocycles. The predicted molar refractivity (Wildman–Crippen MR) is 97.9 cm³/mol. The van der Waals surface area contributed by atoms with Crippen molar-refractivity contribution in [3.63, 3.8) is 0 Å². The second kappa shape index (κ2) is 8.21. The number of alkyl halides is 3. The quantitative estimate of drug-likeness (QED) is 0.463. The van der Waals surface area contributed by atoms with Crippen LogP contribution in [-0.4, -0.2) is 23.8 Å². The standard InChI is InChI=1S/C19H17F3N4O3/c20-19(21,22)11-4-3-5-13(10-11)23-15-7-2-1-6-14(15)16(27)25-26-18(29)17(28)24-12-8-9-12/h1-7,10,12,23H,8-9H2,(H,24,28)(H,25,27)(H,26,29). The van der Waals surface area contributed by atoms with Gasteiger partial charge in [-0.1, -0.05) is 18.2 Å². The maximum absolute atomic E-state index is 12.9. The third-order valence-corrected chi connectivity index (χ3v) is 4.05. The fraction of sp³-hybridized carbons (Fsp3) is 0.211. The highest BCUT2D eigenvalue weighted by Crippen LogP contribution is 2.31. The molecule has 0 heterocycles. The molecule has 0 aliphatic heterocycles. The van der Waals surface area contributed by atoms with Crippen molar-refractivity contribution >= 4 is 29.1 Å². The van der Waals surface area contributed by atoms with Gasteiger partial charge in [0.1, 0.15) is 0 Å². The summed E-state index contributed by atoms with van der Waals surface area (Å²) < 4.78 is 38.6. The number of rotatable bonds is 4. The summed E-state index contributed by atoms with van der Waals surface area (Å²) >= 11 is 0. The van der Waals surface area contributed by atoms with Crippen LogP contribution >= 0.6 is 0 Å². The Morgan fingerprint density at radius 1 is 0.897 bits per heavy atom. The van der Waals surface area contributed by atoms with Crippen LogP contribution in [0.2, 0.25) is 0 Å². The van der Waals surface area contributed by atoms with Gasteiger partial charge in [-0.2, -0.15) is 13.2 Å². The maximum atomic E-state index is 12.9. The van der Waals surface area contributed by atoms with E-state index in [0.717, 1.165) is 25.0 Å². The molecule has 10 heteroatoms. The fourth-order valence-corrected chi connectivity index (χ4v) is 2.44. The number of hydrogen-bond donors (Lipinski definition) is 4. The Kier molecular flexibility index (Phi) is 5.71. The lowest BCUT2D eigenvalue weighted by molar-refractivity contribution is -0.139. The highest BCUT2D eigenvalue weighted by molar-refractivity contribution is 6.35. The number of anilines is 2. The third kappa shape index (κ3) is 5.47. The van der Waals surface area contributed by atoms with Crippen molar-refractivity contribution in [3.8, 4) is 0 Å². The van der Waals surface area contributed by atoms with Gasteiger partial charge >= 0.3 is 18.0 Å². The number of carbonyl (C=O) groups excluding carboxylic acids is 3. The van der Waals surface area contributed by atoms with E-state index in [4.69, 9.17) is 0 Å². The van der Waals surface area contributed by atoms with E-state index in [0.29, 0.717) is 0 Å². The first-order valence-electron chi connectivity index (χ1n) is 8.68. The Balaban J connectivity index is 1.67. The molecule has 3 amide bonds. The summed E-state index contributed by atoms with van der Waals surface area (Å²) in [5, 5.41) is 5.23. The molecule has 2 aromatic carbocycles. The molecule has 1 aliphatic carbocycles. The van der Waals surface area contributed by atoms with Crippen molar-refractivity contribution in [2.24, 2.45) is 0 Å². The third-order valence-electron chi connectivity index (χ3n) is 4.05. The van der Waals surface area contributed by atoms with Gasteiger partial charge in [0.15, 0.2) is 0 Å². The van der Waals surface area contributed by atoms with E-state index in [-0.39, 0.29) is 23.0 Å². The monoisotopic (exact) mass is 406 g/mol. The minimum absolute atomic E-state index is 0.0126. The first-order valence-corrected chi connectivity index (χ1v) is 8.68. The number of hydrazine groups is 1. The molecule has 0 aromatic heterocycles. The summed E-state index contributed by atoms with van der Waals surface area (Å²) in [5.41, 5.74) is 3.71. The van der Waals surface area contributed by atoms with Gasteiger partial charge in [0.25, 0.3) is 5.91 Å². The number of halogens is 3. The molecule has 0 atom stereocenters. The van der Waals surface area contributed by atoms with E-state index in [9.17, 15) is 27.6 Å². The second-order valence-electron chi connectivity index (χ2n) is 6.41. The Morgan fingerprint density at radius 3 is 2.31 bits per heavy atom. The maximum Gasteiger partial charge on any atom is 0.416 e. The summed E-state index contributed by atoms with van der Waals surface area (Å²) in [4.78, 5) is 35.6. The second-order valence-corrected chi connectivity index (χ2v) is 6.41. The minimum Gasteiger partial charge on any atom is -0.355 e. The Hall–Kier alpha value is -3.56. The minimum atomic E-state index is -4.50. The summed E-state index contributed by atoms with van der Waals surface area (Å²) in [6.45, 7) is 0. The smallest absolute Gasteiger partial charge is 0.355 e. The van der Waals surface area contributed by atoms with E-state index >= 15 is 0 Å². The average molecular weight is 406 g/mol. The van der Waals surface area contributed by atoms with Crippen molar-refractivity contribution in [3.05, 3.63) is 59.7 Å². The van der Waals surface area contributed by atoms with Crippen LogP contribution in [0, 0.1) is 0 Å². The Bertz CT molecular complexity index is 942. The lowest BCUT2D eigenvalue weighted by atomic mass is 10.1. The largest absolute Gasteiger partial charge is 0.416 e. The molecule has 29 heavy (non-hydrogen) atoms. The van der Waals surface area contributed by atoms with Gasteiger partial charge in [-0.15, -0.1) is 0 Å². The van der Waals surface area contributed by atoms with Crippen LogP contribution in [0.3, 0.4) is 0 Å². The van der Waals surface area contributed by atoms with Crippen LogP contribution in [0.15, 0.2) is 48.5 Å². The molecule has 152 valence electrons. The molecule has 0 bridgehead atoms. The number of nitrogens with one attached hydrogen (secondary N) is 4. The van der Waals surface area contributed by atoms with Crippen LogP contribution in [-0.2, 0) is 15.8 Å². The van der Waals surface area contributed by atoms with Gasteiger partial charge in [-0.05, 0) is 43.2 Å². The molecule has 1 fully saturated rings. The summed E-state index contributed by atoms with van der Waals surface area (Å²) in [6.07, 6.45) is -2.89. The molecular weight excluding hydrogens is 389 g/mol. The number of benzene rings is 2. The van der Waals surface area contributed by atoms with Crippen molar-refractivity contribution in [2.45, 2.75) is 25.1 Å². The molecule has 2 aromatic rings. The Labute approximate surface area is 163 Å². The number of amides is 3. The normalized spacial score (nSPS) is 13.3. The number of para-hydroxylation sites is 1. The number of hydrogen-bond acceptors (Lipinski definition) is 4. The van der Waals surface area contributed by atoms with E-state index in [1.54, 1.807) is 12.1 Å². The zero-order valence-electron chi connectivity index (χ0n) is 15.0. The van der Waals surface area contributed by atoms with Gasteiger partial charge in [0.05, 0.1) is 16.8 Å². The molecular formula is C19H17F3N4O3. The van der Waals surface area contributed by atoms with Gasteiger partial charge in [0, 0.05) is 11.7 Å². The van der Waals surface area contributed by atoms with E-state index in [1.165, 1.54) is 24.3 Å². The molecule has 0 unspecified atom stereocenters. The highest BCUT2D eigenvalue weighted by Gasteiger charge is 2.30. The Morgan fingerprint density at radius 2 is 1.62 bits per heavy atom. The summed E-state index contributed by atoms with van der Waals surface area (Å²) in [6, 6.07) is 10.6. The van der Waals surface area contributed by atoms with Crippen molar-refractivity contribution < 1.29 is 27.6 Å². The molecule has 0 saturated heterocycles. The summed E-state index contributed by atoms with van der Waals surface area (Å²) in [7, 11) is 0. The summed E-state index contributed by atoms with van der Waals surface area (Å²) in [5.74, 6) is -2.62. The van der Waals surface area contributed by atoms with Crippen LogP contribution in [0.5, 0.6) is 0 Å². The molecule has 3 rings (SSSR count). The van der Waals surface area contributed by atoms with Gasteiger partial charge in [-0.3, -0.25) is 25.2 Å². The topological polar surface area (TPSA) is 99.3 Å². The van der Waals surface area contributed by atoms with Gasteiger partial charge in [-0.25, -0.2) is 0 Å². The van der Waals surface area contributed by atoms with Crippen molar-refractivity contribution in [2.75, 3.05) is 5.32 Å². The van der Waals surface area contributed by atoms with E-state index in [2.05, 4.69) is 16.1 Å². The van der Waals surface area contributed by atoms with Crippen LogP contribution in [0.25, 0.3) is 0 Å². The first-order chi connectivity index (χ1) is 13.7. The first kappa shape index (κ1) is 20.2. The van der Waals surface area contributed by atoms with Gasteiger partial charge in [0.2, 0.25) is 0 Å². The van der Waals surface area contributed by atoms with Crippen molar-refractivity contribution in [1.82, 2.24) is 16.2 Å². The predicted octanol–water partition coefficient (Wildman–Crippen LogP) is 2.49. The van der Waals surface area contributed by atoms with Gasteiger partial charge < -0.3 is 10.6 Å². The zero-order valence-corrected chi connectivity index (χ0v) is 15.0. The molecule has 4 N–H and O–H groups in total. The van der Waals surface area contributed by atoms with Crippen molar-refractivity contribution in [1.29, 1.82) is 0 Å². The fourth-order valence-electron chi connectivity index (χ4n) is 2.44. The van der Waals surface area contributed by atoms with Crippen LogP contribution in [0.1, 0.15) is 28.8 Å².